The van der Waals surface area contributed by atoms with E-state index in [4.69, 9.17) is 14.2 Å². The first kappa shape index (κ1) is 31.8. The molecule has 1 fully saturated rings. The van der Waals surface area contributed by atoms with Crippen molar-refractivity contribution in [2.24, 2.45) is 11.8 Å². The summed E-state index contributed by atoms with van der Waals surface area (Å²) in [6.45, 7) is 7.48. The summed E-state index contributed by atoms with van der Waals surface area (Å²) in [5.74, 6) is 3.54. The molecule has 0 aromatic heterocycles. The highest BCUT2D eigenvalue weighted by molar-refractivity contribution is 5.91. The normalized spacial score (nSPS) is 16.8. The summed E-state index contributed by atoms with van der Waals surface area (Å²) in [7, 11) is 0. The van der Waals surface area contributed by atoms with Gasteiger partial charge in [-0.05, 0) is 92.5 Å². The standard InChI is InChI=1S/C36H52O4/c1-3-5-7-8-9-10-14-28-38-33-22-20-32(21-23-33)36(37)40-35-26-24-34(25-27-35)39-29-15-19-31-18-13-12-17-30(31)16-11-6-4-2/h3,20-27,30-31H,1,4-19,28-29H2,2H3. The zero-order valence-corrected chi connectivity index (χ0v) is 24.9. The molecule has 1 aliphatic carbocycles. The molecule has 1 saturated carbocycles. The van der Waals surface area contributed by atoms with Crippen molar-refractivity contribution in [1.82, 2.24) is 0 Å². The van der Waals surface area contributed by atoms with E-state index in [2.05, 4.69) is 13.5 Å². The first-order valence-electron chi connectivity index (χ1n) is 16.0. The van der Waals surface area contributed by atoms with Gasteiger partial charge in [0.2, 0.25) is 0 Å². The third-order valence-corrected chi connectivity index (χ3v) is 8.18. The molecule has 0 spiro atoms. The summed E-state index contributed by atoms with van der Waals surface area (Å²) < 4.78 is 17.4. The van der Waals surface area contributed by atoms with Gasteiger partial charge in [-0.3, -0.25) is 0 Å². The van der Waals surface area contributed by atoms with Crippen molar-refractivity contribution < 1.29 is 19.0 Å². The van der Waals surface area contributed by atoms with Crippen molar-refractivity contribution in [2.75, 3.05) is 13.2 Å². The summed E-state index contributed by atoms with van der Waals surface area (Å²) in [6, 6.07) is 14.5. The molecule has 0 bridgehead atoms. The number of ether oxygens (including phenoxy) is 3. The first-order chi connectivity index (χ1) is 19.7. The van der Waals surface area contributed by atoms with Crippen molar-refractivity contribution in [3.05, 3.63) is 66.7 Å². The highest BCUT2D eigenvalue weighted by Gasteiger charge is 2.24. The molecule has 4 heteroatoms. The Morgan fingerprint density at radius 2 is 1.27 bits per heavy atom. The van der Waals surface area contributed by atoms with Crippen LogP contribution in [-0.2, 0) is 0 Å². The van der Waals surface area contributed by atoms with Crippen LogP contribution in [0.15, 0.2) is 61.2 Å². The number of hydrogen-bond donors (Lipinski definition) is 0. The topological polar surface area (TPSA) is 44.8 Å². The Kier molecular flexibility index (Phi) is 15.4. The molecular formula is C36H52O4. The molecule has 0 aliphatic heterocycles. The number of hydrogen-bond acceptors (Lipinski definition) is 4. The summed E-state index contributed by atoms with van der Waals surface area (Å²) in [6.07, 6.45) is 22.5. The average Bonchev–Trinajstić information content (AvgIpc) is 2.98. The summed E-state index contributed by atoms with van der Waals surface area (Å²) in [5, 5.41) is 0. The Hall–Kier alpha value is -2.75. The lowest BCUT2D eigenvalue weighted by atomic mass is 9.74. The third kappa shape index (κ3) is 12.2. The first-order valence-corrected chi connectivity index (χ1v) is 16.0. The van der Waals surface area contributed by atoms with Crippen LogP contribution < -0.4 is 14.2 Å². The zero-order valence-electron chi connectivity index (χ0n) is 24.9. The molecule has 220 valence electrons. The molecule has 1 aliphatic rings. The van der Waals surface area contributed by atoms with E-state index in [0.29, 0.717) is 17.9 Å². The summed E-state index contributed by atoms with van der Waals surface area (Å²) in [4.78, 5) is 12.6. The minimum absolute atomic E-state index is 0.374. The van der Waals surface area contributed by atoms with E-state index in [1.807, 2.05) is 30.3 Å². The zero-order chi connectivity index (χ0) is 28.3. The Balaban J connectivity index is 1.31. The maximum Gasteiger partial charge on any atom is 0.343 e. The van der Waals surface area contributed by atoms with E-state index in [0.717, 1.165) is 49.2 Å². The van der Waals surface area contributed by atoms with Crippen LogP contribution in [0.25, 0.3) is 0 Å². The number of allylic oxidation sites excluding steroid dienone is 1. The van der Waals surface area contributed by atoms with E-state index in [1.165, 1.54) is 83.5 Å². The quantitative estimate of drug-likeness (QED) is 0.0714. The van der Waals surface area contributed by atoms with E-state index in [9.17, 15) is 4.79 Å². The van der Waals surface area contributed by atoms with Crippen molar-refractivity contribution in [2.45, 2.75) is 110 Å². The van der Waals surface area contributed by atoms with Crippen LogP contribution in [0, 0.1) is 11.8 Å². The molecular weight excluding hydrogens is 496 g/mol. The lowest BCUT2D eigenvalue weighted by Crippen LogP contribution is -2.20. The van der Waals surface area contributed by atoms with Crippen LogP contribution in [-0.4, -0.2) is 19.2 Å². The minimum Gasteiger partial charge on any atom is -0.494 e. The minimum atomic E-state index is -0.374. The fraction of sp³-hybridized carbons (Fsp3) is 0.583. The fourth-order valence-corrected chi connectivity index (χ4v) is 5.80. The second-order valence-corrected chi connectivity index (χ2v) is 11.4. The van der Waals surface area contributed by atoms with Gasteiger partial charge in [0.15, 0.2) is 0 Å². The van der Waals surface area contributed by atoms with Gasteiger partial charge in [-0.15, -0.1) is 6.58 Å². The van der Waals surface area contributed by atoms with Gasteiger partial charge < -0.3 is 14.2 Å². The molecule has 2 aromatic carbocycles. The van der Waals surface area contributed by atoms with Crippen LogP contribution in [0.2, 0.25) is 0 Å². The average molecular weight is 549 g/mol. The molecule has 40 heavy (non-hydrogen) atoms. The number of benzene rings is 2. The van der Waals surface area contributed by atoms with Gasteiger partial charge in [0, 0.05) is 0 Å². The maximum atomic E-state index is 12.6. The number of carbonyl (C=O) groups is 1. The van der Waals surface area contributed by atoms with Crippen LogP contribution in [0.3, 0.4) is 0 Å². The van der Waals surface area contributed by atoms with E-state index in [1.54, 1.807) is 24.3 Å². The molecule has 0 amide bonds. The molecule has 0 heterocycles. The van der Waals surface area contributed by atoms with Gasteiger partial charge in [-0.1, -0.05) is 83.6 Å². The number of esters is 1. The fourth-order valence-electron chi connectivity index (χ4n) is 5.80. The molecule has 2 aromatic rings. The summed E-state index contributed by atoms with van der Waals surface area (Å²) in [5.41, 5.74) is 0.505. The van der Waals surface area contributed by atoms with Crippen molar-refractivity contribution in [3.8, 4) is 17.2 Å². The molecule has 2 atom stereocenters. The second kappa shape index (κ2) is 19.3. The van der Waals surface area contributed by atoms with Gasteiger partial charge >= 0.3 is 5.97 Å². The monoisotopic (exact) mass is 548 g/mol. The van der Waals surface area contributed by atoms with Crippen molar-refractivity contribution in [3.63, 3.8) is 0 Å². The van der Waals surface area contributed by atoms with Crippen LogP contribution >= 0.6 is 0 Å². The molecule has 3 rings (SSSR count). The van der Waals surface area contributed by atoms with Crippen molar-refractivity contribution in [1.29, 1.82) is 0 Å². The lowest BCUT2D eigenvalue weighted by Gasteiger charge is -2.31. The largest absolute Gasteiger partial charge is 0.494 e. The Labute approximate surface area is 243 Å². The van der Waals surface area contributed by atoms with E-state index < -0.39 is 0 Å². The maximum absolute atomic E-state index is 12.6. The highest BCUT2D eigenvalue weighted by Crippen LogP contribution is 2.36. The van der Waals surface area contributed by atoms with Crippen molar-refractivity contribution >= 4 is 5.97 Å². The summed E-state index contributed by atoms with van der Waals surface area (Å²) >= 11 is 0. The van der Waals surface area contributed by atoms with Gasteiger partial charge in [0.05, 0.1) is 18.8 Å². The van der Waals surface area contributed by atoms with E-state index in [-0.39, 0.29) is 5.97 Å². The SMILES string of the molecule is C=CCCCCCCCOc1ccc(C(=O)Oc2ccc(OCCCC3CCCCC3CCCCC)cc2)cc1. The highest BCUT2D eigenvalue weighted by atomic mass is 16.5. The van der Waals surface area contributed by atoms with Gasteiger partial charge in [-0.2, -0.15) is 0 Å². The van der Waals surface area contributed by atoms with Crippen LogP contribution in [0.4, 0.5) is 0 Å². The number of carbonyl (C=O) groups excluding carboxylic acids is 1. The van der Waals surface area contributed by atoms with Gasteiger partial charge in [0.25, 0.3) is 0 Å². The van der Waals surface area contributed by atoms with E-state index >= 15 is 0 Å². The van der Waals surface area contributed by atoms with Gasteiger partial charge in [0.1, 0.15) is 17.2 Å². The van der Waals surface area contributed by atoms with Gasteiger partial charge in [-0.25, -0.2) is 4.79 Å². The Morgan fingerprint density at radius 1 is 0.725 bits per heavy atom. The molecule has 0 radical (unpaired) electrons. The molecule has 2 unspecified atom stereocenters. The van der Waals surface area contributed by atoms with Crippen LogP contribution in [0.5, 0.6) is 17.2 Å². The lowest BCUT2D eigenvalue weighted by molar-refractivity contribution is 0.0734. The molecule has 4 nitrogen and oxygen atoms in total. The third-order valence-electron chi connectivity index (χ3n) is 8.18. The predicted molar refractivity (Wildman–Crippen MR) is 166 cm³/mol. The molecule has 0 saturated heterocycles. The predicted octanol–water partition coefficient (Wildman–Crippen LogP) is 10.4. The smallest absolute Gasteiger partial charge is 0.343 e. The van der Waals surface area contributed by atoms with Crippen LogP contribution in [0.1, 0.15) is 120 Å². The number of unbranched alkanes of at least 4 members (excludes halogenated alkanes) is 7. The second-order valence-electron chi connectivity index (χ2n) is 11.4. The Morgan fingerprint density at radius 3 is 1.93 bits per heavy atom. The number of rotatable bonds is 20. The Bertz CT molecular complexity index is 950. The molecule has 0 N–H and O–H groups in total.